The van der Waals surface area contributed by atoms with E-state index in [0.29, 0.717) is 0 Å². The summed E-state index contributed by atoms with van der Waals surface area (Å²) >= 11 is 0. The molecule has 1 rings (SSSR count). The second kappa shape index (κ2) is 4.49. The van der Waals surface area contributed by atoms with E-state index in [-0.39, 0.29) is 0 Å². The molecule has 0 heteroatoms. The first kappa shape index (κ1) is 9.57. The molecule has 1 aliphatic rings. The van der Waals surface area contributed by atoms with E-state index < -0.39 is 0 Å². The summed E-state index contributed by atoms with van der Waals surface area (Å²) in [5.41, 5.74) is 3.25. The first-order valence-electron chi connectivity index (χ1n) is 5.12. The zero-order valence-corrected chi connectivity index (χ0v) is 8.56. The average molecular weight is 164 g/mol. The van der Waals surface area contributed by atoms with Gasteiger partial charge in [0.2, 0.25) is 0 Å². The van der Waals surface area contributed by atoms with Gasteiger partial charge >= 0.3 is 0 Å². The molecule has 0 aliphatic heterocycles. The molecule has 0 aromatic carbocycles. The first-order chi connectivity index (χ1) is 5.74. The van der Waals surface area contributed by atoms with Gasteiger partial charge in [-0.1, -0.05) is 50.5 Å². The molecule has 0 amide bonds. The molecule has 0 unspecified atom stereocenters. The van der Waals surface area contributed by atoms with Crippen molar-refractivity contribution in [3.63, 3.8) is 0 Å². The van der Waals surface area contributed by atoms with Crippen LogP contribution in [0.2, 0.25) is 0 Å². The summed E-state index contributed by atoms with van der Waals surface area (Å²) in [6.45, 7) is 6.82. The van der Waals surface area contributed by atoms with E-state index in [1.807, 2.05) is 0 Å². The van der Waals surface area contributed by atoms with E-state index in [4.69, 9.17) is 0 Å². The normalized spacial score (nSPS) is 16.7. The summed E-state index contributed by atoms with van der Waals surface area (Å²) in [7, 11) is 0. The van der Waals surface area contributed by atoms with E-state index in [1.165, 1.54) is 25.7 Å². The van der Waals surface area contributed by atoms with Crippen molar-refractivity contribution in [3.05, 3.63) is 23.3 Å². The van der Waals surface area contributed by atoms with Crippen LogP contribution in [0.15, 0.2) is 23.3 Å². The molecule has 0 aromatic heterocycles. The SMILES string of the molecule is CCCCC1=CC=C(C(C)C)C1. The van der Waals surface area contributed by atoms with Gasteiger partial charge in [-0.25, -0.2) is 0 Å². The van der Waals surface area contributed by atoms with Crippen LogP contribution in [0.1, 0.15) is 46.5 Å². The fraction of sp³-hybridized carbons (Fsp3) is 0.667. The Bertz CT molecular complexity index is 194. The minimum atomic E-state index is 0.736. The summed E-state index contributed by atoms with van der Waals surface area (Å²) in [5, 5.41) is 0. The fourth-order valence-corrected chi connectivity index (χ4v) is 1.58. The summed E-state index contributed by atoms with van der Waals surface area (Å²) < 4.78 is 0. The molecule has 12 heavy (non-hydrogen) atoms. The lowest BCUT2D eigenvalue weighted by atomic mass is 9.98. The van der Waals surface area contributed by atoms with Gasteiger partial charge in [-0.3, -0.25) is 0 Å². The van der Waals surface area contributed by atoms with Gasteiger partial charge in [-0.05, 0) is 25.2 Å². The van der Waals surface area contributed by atoms with Crippen LogP contribution in [0.4, 0.5) is 0 Å². The predicted molar refractivity (Wildman–Crippen MR) is 55.1 cm³/mol. The lowest BCUT2D eigenvalue weighted by Gasteiger charge is -2.07. The van der Waals surface area contributed by atoms with Crippen molar-refractivity contribution in [1.82, 2.24) is 0 Å². The molecule has 0 spiro atoms. The van der Waals surface area contributed by atoms with Gasteiger partial charge in [0.05, 0.1) is 0 Å². The second-order valence-corrected chi connectivity index (χ2v) is 4.00. The number of unbranched alkanes of at least 4 members (excludes halogenated alkanes) is 1. The highest BCUT2D eigenvalue weighted by molar-refractivity contribution is 5.31. The van der Waals surface area contributed by atoms with E-state index in [0.717, 1.165) is 5.92 Å². The van der Waals surface area contributed by atoms with Crippen LogP contribution in [0.25, 0.3) is 0 Å². The van der Waals surface area contributed by atoms with Crippen molar-refractivity contribution in [2.45, 2.75) is 46.5 Å². The van der Waals surface area contributed by atoms with Gasteiger partial charge in [-0.15, -0.1) is 0 Å². The smallest absolute Gasteiger partial charge is 0.00996 e. The third-order valence-corrected chi connectivity index (χ3v) is 2.56. The number of hydrogen-bond acceptors (Lipinski definition) is 0. The molecule has 0 fully saturated rings. The number of allylic oxidation sites excluding steroid dienone is 4. The van der Waals surface area contributed by atoms with Gasteiger partial charge in [-0.2, -0.15) is 0 Å². The molecule has 0 saturated carbocycles. The standard InChI is InChI=1S/C12H20/c1-4-5-6-11-7-8-12(9-11)10(2)3/h7-8,10H,4-6,9H2,1-3H3. The third kappa shape index (κ3) is 2.51. The Morgan fingerprint density at radius 1 is 1.33 bits per heavy atom. The number of hydrogen-bond donors (Lipinski definition) is 0. The highest BCUT2D eigenvalue weighted by Gasteiger charge is 2.10. The van der Waals surface area contributed by atoms with Crippen LogP contribution in [-0.2, 0) is 0 Å². The summed E-state index contributed by atoms with van der Waals surface area (Å²) in [4.78, 5) is 0. The zero-order valence-electron chi connectivity index (χ0n) is 8.56. The fourth-order valence-electron chi connectivity index (χ4n) is 1.58. The van der Waals surface area contributed by atoms with Crippen LogP contribution < -0.4 is 0 Å². The van der Waals surface area contributed by atoms with Gasteiger partial charge in [0.1, 0.15) is 0 Å². The Kier molecular flexibility index (Phi) is 3.58. The highest BCUT2D eigenvalue weighted by Crippen LogP contribution is 2.27. The molecular formula is C12H20. The van der Waals surface area contributed by atoms with Crippen molar-refractivity contribution < 1.29 is 0 Å². The van der Waals surface area contributed by atoms with Crippen molar-refractivity contribution in [2.75, 3.05) is 0 Å². The minimum Gasteiger partial charge on any atom is -0.0661 e. The molecule has 0 heterocycles. The maximum atomic E-state index is 2.32. The van der Waals surface area contributed by atoms with Gasteiger partial charge in [0, 0.05) is 0 Å². The molecule has 0 atom stereocenters. The molecule has 0 radical (unpaired) electrons. The van der Waals surface area contributed by atoms with Crippen molar-refractivity contribution in [3.8, 4) is 0 Å². The van der Waals surface area contributed by atoms with E-state index >= 15 is 0 Å². The topological polar surface area (TPSA) is 0 Å². The Morgan fingerprint density at radius 3 is 2.58 bits per heavy atom. The Balaban J connectivity index is 2.30. The number of rotatable bonds is 4. The van der Waals surface area contributed by atoms with Crippen LogP contribution >= 0.6 is 0 Å². The van der Waals surface area contributed by atoms with Crippen LogP contribution in [-0.4, -0.2) is 0 Å². The van der Waals surface area contributed by atoms with E-state index in [2.05, 4.69) is 32.9 Å². The lowest BCUT2D eigenvalue weighted by Crippen LogP contribution is -1.91. The molecule has 0 nitrogen and oxygen atoms in total. The molecule has 1 aliphatic carbocycles. The quantitative estimate of drug-likeness (QED) is 0.587. The van der Waals surface area contributed by atoms with Crippen LogP contribution in [0, 0.1) is 5.92 Å². The van der Waals surface area contributed by atoms with Gasteiger partial charge < -0.3 is 0 Å². The lowest BCUT2D eigenvalue weighted by molar-refractivity contribution is 0.720. The molecule has 0 saturated heterocycles. The maximum absolute atomic E-state index is 2.32. The van der Waals surface area contributed by atoms with Gasteiger partial charge in [0.15, 0.2) is 0 Å². The largest absolute Gasteiger partial charge is 0.0661 e. The minimum absolute atomic E-state index is 0.736. The molecular weight excluding hydrogens is 144 g/mol. The molecule has 0 N–H and O–H groups in total. The van der Waals surface area contributed by atoms with Crippen molar-refractivity contribution in [2.24, 2.45) is 5.92 Å². The maximum Gasteiger partial charge on any atom is -0.00996 e. The zero-order chi connectivity index (χ0) is 8.97. The average Bonchev–Trinajstić information content (AvgIpc) is 2.48. The van der Waals surface area contributed by atoms with E-state index in [9.17, 15) is 0 Å². The Morgan fingerprint density at radius 2 is 2.08 bits per heavy atom. The van der Waals surface area contributed by atoms with Crippen LogP contribution in [0.5, 0.6) is 0 Å². The predicted octanol–water partition coefficient (Wildman–Crippen LogP) is 4.09. The summed E-state index contributed by atoms with van der Waals surface area (Å²) in [5.74, 6) is 0.736. The summed E-state index contributed by atoms with van der Waals surface area (Å²) in [6, 6.07) is 0. The highest BCUT2D eigenvalue weighted by atomic mass is 14.2. The van der Waals surface area contributed by atoms with E-state index in [1.54, 1.807) is 11.1 Å². The Labute approximate surface area is 76.4 Å². The Hall–Kier alpha value is -0.520. The van der Waals surface area contributed by atoms with Crippen molar-refractivity contribution >= 4 is 0 Å². The van der Waals surface area contributed by atoms with Gasteiger partial charge in [0.25, 0.3) is 0 Å². The van der Waals surface area contributed by atoms with Crippen LogP contribution in [0.3, 0.4) is 0 Å². The second-order valence-electron chi connectivity index (χ2n) is 4.00. The molecule has 0 bridgehead atoms. The first-order valence-corrected chi connectivity index (χ1v) is 5.12. The monoisotopic (exact) mass is 164 g/mol. The molecule has 68 valence electrons. The third-order valence-electron chi connectivity index (χ3n) is 2.56. The molecule has 0 aromatic rings. The van der Waals surface area contributed by atoms with Crippen molar-refractivity contribution in [1.29, 1.82) is 0 Å². The summed E-state index contributed by atoms with van der Waals surface area (Å²) in [6.07, 6.45) is 9.86.